The number of nitrogens with zero attached hydrogens (tertiary/aromatic N) is 2. The fourth-order valence-electron chi connectivity index (χ4n) is 1.66. The monoisotopic (exact) mass is 318 g/mol. The number of nitriles is 1. The highest BCUT2D eigenvalue weighted by Gasteiger charge is 2.28. The number of halogens is 6. The van der Waals surface area contributed by atoms with Gasteiger partial charge in [0.2, 0.25) is 5.82 Å². The minimum atomic E-state index is -2.26. The van der Waals surface area contributed by atoms with Crippen molar-refractivity contribution in [2.75, 3.05) is 0 Å². The van der Waals surface area contributed by atoms with Gasteiger partial charge in [0, 0.05) is 6.20 Å². The molecule has 2 aromatic rings. The zero-order chi connectivity index (χ0) is 15.7. The predicted octanol–water partition coefficient (Wildman–Crippen LogP) is 4.16. The quantitative estimate of drug-likeness (QED) is 0.473. The Hall–Kier alpha value is -2.20. The van der Waals surface area contributed by atoms with Crippen LogP contribution in [0.1, 0.15) is 5.56 Å². The Morgan fingerprint density at radius 1 is 1.00 bits per heavy atom. The van der Waals surface area contributed by atoms with Crippen LogP contribution in [-0.2, 0) is 6.42 Å². The average Bonchev–Trinajstić information content (AvgIpc) is 2.46. The summed E-state index contributed by atoms with van der Waals surface area (Å²) >= 11 is 5.74. The highest BCUT2D eigenvalue weighted by molar-refractivity contribution is 6.33. The van der Waals surface area contributed by atoms with Crippen LogP contribution >= 0.6 is 11.6 Å². The molecule has 0 fully saturated rings. The SMILES string of the molecule is N#CCc1cnc(-c2c(F)c(F)c(F)c(F)c2F)c(Cl)c1. The first-order chi connectivity index (χ1) is 9.88. The third-order valence-corrected chi connectivity index (χ3v) is 2.92. The van der Waals surface area contributed by atoms with Crippen molar-refractivity contribution in [3.05, 3.63) is 51.9 Å². The number of pyridine rings is 1. The molecule has 2 rings (SSSR count). The first-order valence-electron chi connectivity index (χ1n) is 5.41. The lowest BCUT2D eigenvalue weighted by molar-refractivity contribution is 0.381. The van der Waals surface area contributed by atoms with Gasteiger partial charge < -0.3 is 0 Å². The molecule has 1 heterocycles. The summed E-state index contributed by atoms with van der Waals surface area (Å²) in [5.41, 5.74) is -1.46. The summed E-state index contributed by atoms with van der Waals surface area (Å²) in [6, 6.07) is 2.97. The predicted molar refractivity (Wildman–Crippen MR) is 63.8 cm³/mol. The maximum absolute atomic E-state index is 13.6. The second-order valence-corrected chi connectivity index (χ2v) is 4.36. The molecular weight excluding hydrogens is 315 g/mol. The van der Waals surface area contributed by atoms with Crippen LogP contribution in [0.15, 0.2) is 12.3 Å². The Morgan fingerprint density at radius 3 is 2.00 bits per heavy atom. The first kappa shape index (κ1) is 15.2. The zero-order valence-electron chi connectivity index (χ0n) is 10.0. The van der Waals surface area contributed by atoms with Crippen LogP contribution in [0.2, 0.25) is 5.02 Å². The minimum absolute atomic E-state index is 0.0654. The summed E-state index contributed by atoms with van der Waals surface area (Å²) < 4.78 is 66.5. The lowest BCUT2D eigenvalue weighted by Crippen LogP contribution is -2.05. The van der Waals surface area contributed by atoms with E-state index in [4.69, 9.17) is 16.9 Å². The molecule has 1 aromatic carbocycles. The van der Waals surface area contributed by atoms with Crippen LogP contribution in [0.25, 0.3) is 11.3 Å². The molecule has 0 aliphatic heterocycles. The van der Waals surface area contributed by atoms with E-state index in [1.54, 1.807) is 6.07 Å². The van der Waals surface area contributed by atoms with Crippen molar-refractivity contribution in [2.45, 2.75) is 6.42 Å². The topological polar surface area (TPSA) is 36.7 Å². The smallest absolute Gasteiger partial charge is 0.200 e. The lowest BCUT2D eigenvalue weighted by atomic mass is 10.1. The summed E-state index contributed by atoms with van der Waals surface area (Å²) in [6.07, 6.45) is 1.01. The van der Waals surface area contributed by atoms with Gasteiger partial charge in [-0.1, -0.05) is 11.6 Å². The van der Waals surface area contributed by atoms with E-state index >= 15 is 0 Å². The molecule has 0 unspecified atom stereocenters. The second-order valence-electron chi connectivity index (χ2n) is 3.95. The highest BCUT2D eigenvalue weighted by Crippen LogP contribution is 2.34. The maximum atomic E-state index is 13.6. The molecule has 0 saturated heterocycles. The van der Waals surface area contributed by atoms with Crippen molar-refractivity contribution in [1.29, 1.82) is 5.26 Å². The Balaban J connectivity index is 2.71. The van der Waals surface area contributed by atoms with E-state index in [9.17, 15) is 22.0 Å². The van der Waals surface area contributed by atoms with E-state index in [1.807, 2.05) is 0 Å². The van der Waals surface area contributed by atoms with E-state index in [0.717, 1.165) is 6.20 Å². The van der Waals surface area contributed by atoms with E-state index < -0.39 is 40.3 Å². The van der Waals surface area contributed by atoms with Crippen LogP contribution in [-0.4, -0.2) is 4.98 Å². The molecule has 0 atom stereocenters. The third kappa shape index (κ3) is 2.54. The molecule has 21 heavy (non-hydrogen) atoms. The third-order valence-electron chi connectivity index (χ3n) is 2.63. The first-order valence-corrected chi connectivity index (χ1v) is 5.79. The number of aromatic nitrogens is 1. The van der Waals surface area contributed by atoms with E-state index in [2.05, 4.69) is 4.98 Å². The van der Waals surface area contributed by atoms with Crippen molar-refractivity contribution in [1.82, 2.24) is 4.98 Å². The Kier molecular flexibility index (Phi) is 4.09. The van der Waals surface area contributed by atoms with Gasteiger partial charge in [-0.3, -0.25) is 4.98 Å². The Bertz CT molecular complexity index is 741. The van der Waals surface area contributed by atoms with Crippen molar-refractivity contribution in [3.63, 3.8) is 0 Å². The molecule has 0 bridgehead atoms. The van der Waals surface area contributed by atoms with Gasteiger partial charge in [0.1, 0.15) is 0 Å². The van der Waals surface area contributed by atoms with Gasteiger partial charge >= 0.3 is 0 Å². The second kappa shape index (κ2) is 5.66. The Labute approximate surface area is 120 Å². The van der Waals surface area contributed by atoms with Gasteiger partial charge in [0.05, 0.1) is 28.8 Å². The molecule has 108 valence electrons. The van der Waals surface area contributed by atoms with Crippen LogP contribution < -0.4 is 0 Å². The average molecular weight is 319 g/mol. The summed E-state index contributed by atoms with van der Waals surface area (Å²) in [7, 11) is 0. The normalized spacial score (nSPS) is 10.5. The number of rotatable bonds is 2. The zero-order valence-corrected chi connectivity index (χ0v) is 10.8. The van der Waals surface area contributed by atoms with Crippen LogP contribution in [0, 0.1) is 40.4 Å². The van der Waals surface area contributed by atoms with Crippen molar-refractivity contribution in [2.24, 2.45) is 0 Å². The molecular formula is C13H4ClF5N2. The largest absolute Gasteiger partial charge is 0.254 e. The highest BCUT2D eigenvalue weighted by atomic mass is 35.5. The molecule has 1 aromatic heterocycles. The molecule has 0 aliphatic carbocycles. The number of benzene rings is 1. The van der Waals surface area contributed by atoms with Gasteiger partial charge in [-0.25, -0.2) is 22.0 Å². The molecule has 0 saturated carbocycles. The molecule has 2 nitrogen and oxygen atoms in total. The minimum Gasteiger partial charge on any atom is -0.254 e. The fourth-order valence-corrected chi connectivity index (χ4v) is 1.95. The number of hydrogen-bond acceptors (Lipinski definition) is 2. The van der Waals surface area contributed by atoms with E-state index in [0.29, 0.717) is 5.56 Å². The molecule has 0 radical (unpaired) electrons. The molecule has 0 spiro atoms. The van der Waals surface area contributed by atoms with Gasteiger partial charge in [0.15, 0.2) is 23.3 Å². The van der Waals surface area contributed by atoms with Gasteiger partial charge in [-0.05, 0) is 11.6 Å². The van der Waals surface area contributed by atoms with Crippen molar-refractivity contribution < 1.29 is 22.0 Å². The summed E-state index contributed by atoms with van der Waals surface area (Å²) in [4.78, 5) is 3.58. The lowest BCUT2D eigenvalue weighted by Gasteiger charge is -2.09. The van der Waals surface area contributed by atoms with Crippen molar-refractivity contribution >= 4 is 11.6 Å². The van der Waals surface area contributed by atoms with Gasteiger partial charge in [-0.2, -0.15) is 5.26 Å². The standard InChI is InChI=1S/C13H4ClF5N2/c14-6-3-5(1-2-20)4-21-13(6)7-8(15)10(17)12(19)11(18)9(7)16/h3-4H,1H2. The molecule has 0 aliphatic rings. The molecule has 0 amide bonds. The van der Waals surface area contributed by atoms with E-state index in [1.165, 1.54) is 6.07 Å². The Morgan fingerprint density at radius 2 is 1.52 bits per heavy atom. The summed E-state index contributed by atoms with van der Waals surface area (Å²) in [5, 5.41) is 8.18. The van der Waals surface area contributed by atoms with Crippen LogP contribution in [0.4, 0.5) is 22.0 Å². The molecule has 8 heteroatoms. The maximum Gasteiger partial charge on any atom is 0.200 e. The van der Waals surface area contributed by atoms with Gasteiger partial charge in [-0.15, -0.1) is 0 Å². The number of hydrogen-bond donors (Lipinski definition) is 0. The summed E-state index contributed by atoms with van der Waals surface area (Å²) in [5.74, 6) is -10.5. The van der Waals surface area contributed by atoms with Gasteiger partial charge in [0.25, 0.3) is 0 Å². The van der Waals surface area contributed by atoms with E-state index in [-0.39, 0.29) is 11.4 Å². The van der Waals surface area contributed by atoms with Crippen LogP contribution in [0.5, 0.6) is 0 Å². The van der Waals surface area contributed by atoms with Crippen LogP contribution in [0.3, 0.4) is 0 Å². The van der Waals surface area contributed by atoms with Crippen molar-refractivity contribution in [3.8, 4) is 17.3 Å². The molecule has 0 N–H and O–H groups in total. The fraction of sp³-hybridized carbons (Fsp3) is 0.0769. The summed E-state index contributed by atoms with van der Waals surface area (Å²) in [6.45, 7) is 0.